The number of hydrogen-bond acceptors (Lipinski definition) is 3. The van der Waals surface area contributed by atoms with Crippen LogP contribution in [0.25, 0.3) is 0 Å². The topological polar surface area (TPSA) is 38.9 Å². The molecule has 0 aromatic carbocycles. The summed E-state index contributed by atoms with van der Waals surface area (Å²) in [6, 6.07) is 0. The first kappa shape index (κ1) is 8.32. The Morgan fingerprint density at radius 3 is 2.18 bits per heavy atom. The van der Waals surface area contributed by atoms with Crippen molar-refractivity contribution < 1.29 is 13.2 Å². The van der Waals surface area contributed by atoms with Gasteiger partial charge in [-0.1, -0.05) is 0 Å². The number of aromatic nitrogens is 1. The molecule has 62 valence electrons. The van der Waals surface area contributed by atoms with Gasteiger partial charge < -0.3 is 5.73 Å². The molecule has 0 aliphatic carbocycles. The van der Waals surface area contributed by atoms with Gasteiger partial charge >= 0.3 is 6.18 Å². The molecule has 0 atom stereocenters. The van der Waals surface area contributed by atoms with Crippen molar-refractivity contribution in [2.75, 3.05) is 5.73 Å². The number of hydrogen-bond donors (Lipinski definition) is 1. The van der Waals surface area contributed by atoms with Crippen LogP contribution in [0.3, 0.4) is 0 Å². The number of nitrogens with two attached hydrogens (primary N) is 1. The van der Waals surface area contributed by atoms with E-state index in [4.69, 9.17) is 5.73 Å². The van der Waals surface area contributed by atoms with Crippen molar-refractivity contribution in [1.82, 2.24) is 4.37 Å². The Morgan fingerprint density at radius 2 is 2.00 bits per heavy atom. The van der Waals surface area contributed by atoms with Gasteiger partial charge in [-0.25, -0.2) is 0 Å². The van der Waals surface area contributed by atoms with Crippen LogP contribution in [0.1, 0.15) is 10.6 Å². The van der Waals surface area contributed by atoms with Crippen LogP contribution in [0, 0.1) is 6.92 Å². The number of nitrogen functional groups attached to an aromatic ring is 1. The minimum atomic E-state index is -4.37. The zero-order chi connectivity index (χ0) is 8.65. The zero-order valence-electron chi connectivity index (χ0n) is 5.57. The molecular formula is C5H5F3N2S. The van der Waals surface area contributed by atoms with E-state index in [9.17, 15) is 13.2 Å². The van der Waals surface area contributed by atoms with Gasteiger partial charge in [0.1, 0.15) is 0 Å². The summed E-state index contributed by atoms with van der Waals surface area (Å²) in [7, 11) is 0. The Hall–Kier alpha value is -0.780. The molecule has 0 spiro atoms. The summed E-state index contributed by atoms with van der Waals surface area (Å²) in [6.45, 7) is 1.45. The lowest BCUT2D eigenvalue weighted by atomic mass is 10.3. The van der Waals surface area contributed by atoms with E-state index in [0.29, 0.717) is 11.5 Å². The van der Waals surface area contributed by atoms with Gasteiger partial charge in [0.2, 0.25) is 0 Å². The highest BCUT2D eigenvalue weighted by molar-refractivity contribution is 7.06. The van der Waals surface area contributed by atoms with Crippen molar-refractivity contribution in [1.29, 1.82) is 0 Å². The lowest BCUT2D eigenvalue weighted by Gasteiger charge is -2.02. The van der Waals surface area contributed by atoms with Crippen molar-refractivity contribution in [2.24, 2.45) is 0 Å². The lowest BCUT2D eigenvalue weighted by Crippen LogP contribution is -2.05. The average molecular weight is 182 g/mol. The second kappa shape index (κ2) is 2.37. The van der Waals surface area contributed by atoms with E-state index < -0.39 is 11.1 Å². The Kier molecular flexibility index (Phi) is 1.79. The number of halogens is 3. The van der Waals surface area contributed by atoms with Crippen LogP contribution in [-0.4, -0.2) is 4.37 Å². The maximum absolute atomic E-state index is 12.0. The van der Waals surface area contributed by atoms with Crippen LogP contribution in [0.15, 0.2) is 0 Å². The van der Waals surface area contributed by atoms with Gasteiger partial charge in [-0.3, -0.25) is 0 Å². The standard InChI is InChI=1S/C5H5F3N2S/c1-2-3(9)4(11-10-2)5(6,7)8/h9H2,1H3. The van der Waals surface area contributed by atoms with Gasteiger partial charge in [-0.15, -0.1) is 0 Å². The smallest absolute Gasteiger partial charge is 0.396 e. The van der Waals surface area contributed by atoms with Gasteiger partial charge in [0.15, 0.2) is 4.88 Å². The number of nitrogens with zero attached hydrogens (tertiary/aromatic N) is 1. The number of alkyl halides is 3. The molecule has 0 saturated carbocycles. The Labute approximate surface area is 65.0 Å². The third-order valence-electron chi connectivity index (χ3n) is 1.17. The normalized spacial score (nSPS) is 12.0. The Balaban J connectivity index is 3.15. The van der Waals surface area contributed by atoms with E-state index in [1.165, 1.54) is 6.92 Å². The molecule has 0 radical (unpaired) electrons. The van der Waals surface area contributed by atoms with Crippen LogP contribution < -0.4 is 5.73 Å². The summed E-state index contributed by atoms with van der Waals surface area (Å²) >= 11 is 0.383. The lowest BCUT2D eigenvalue weighted by molar-refractivity contribution is -0.133. The van der Waals surface area contributed by atoms with Gasteiger partial charge in [0.25, 0.3) is 0 Å². The molecule has 2 nitrogen and oxygen atoms in total. The molecule has 1 rings (SSSR count). The predicted molar refractivity (Wildman–Crippen MR) is 36.3 cm³/mol. The summed E-state index contributed by atoms with van der Waals surface area (Å²) in [5, 5.41) is 0. The molecule has 1 heterocycles. The molecule has 0 fully saturated rings. The van der Waals surface area contributed by atoms with E-state index in [-0.39, 0.29) is 11.4 Å². The number of rotatable bonds is 0. The summed E-state index contributed by atoms with van der Waals surface area (Å²) in [5.41, 5.74) is 5.09. The van der Waals surface area contributed by atoms with Crippen molar-refractivity contribution >= 4 is 17.2 Å². The van der Waals surface area contributed by atoms with Gasteiger partial charge in [-0.2, -0.15) is 17.5 Å². The molecule has 1 aromatic rings. The van der Waals surface area contributed by atoms with Crippen LogP contribution in [0.2, 0.25) is 0 Å². The van der Waals surface area contributed by atoms with Gasteiger partial charge in [-0.05, 0) is 18.5 Å². The van der Waals surface area contributed by atoms with Gasteiger partial charge in [0.05, 0.1) is 11.4 Å². The summed E-state index contributed by atoms with van der Waals surface area (Å²) < 4.78 is 39.3. The van der Waals surface area contributed by atoms with Crippen LogP contribution in [0.4, 0.5) is 18.9 Å². The first-order chi connectivity index (χ1) is 4.93. The molecule has 0 saturated heterocycles. The average Bonchev–Trinajstić information content (AvgIpc) is 2.11. The van der Waals surface area contributed by atoms with Crippen molar-refractivity contribution in [3.8, 4) is 0 Å². The fourth-order valence-electron chi connectivity index (χ4n) is 0.581. The highest BCUT2D eigenvalue weighted by atomic mass is 32.1. The van der Waals surface area contributed by atoms with Crippen LogP contribution >= 0.6 is 11.5 Å². The van der Waals surface area contributed by atoms with Crippen LogP contribution in [0.5, 0.6) is 0 Å². The zero-order valence-corrected chi connectivity index (χ0v) is 6.38. The fourth-order valence-corrected chi connectivity index (χ4v) is 1.26. The molecule has 0 aliphatic rings. The summed E-state index contributed by atoms with van der Waals surface area (Å²) in [4.78, 5) is -0.810. The minimum Gasteiger partial charge on any atom is -0.396 e. The van der Waals surface area contributed by atoms with Crippen molar-refractivity contribution in [3.63, 3.8) is 0 Å². The predicted octanol–water partition coefficient (Wildman–Crippen LogP) is 2.05. The minimum absolute atomic E-state index is 0.238. The molecule has 0 amide bonds. The summed E-state index contributed by atoms with van der Waals surface area (Å²) in [5.74, 6) is 0. The van der Waals surface area contributed by atoms with E-state index in [2.05, 4.69) is 4.37 Å². The molecule has 1 aromatic heterocycles. The Bertz CT molecular complexity index is 265. The highest BCUT2D eigenvalue weighted by Crippen LogP contribution is 2.37. The maximum Gasteiger partial charge on any atom is 0.429 e. The van der Waals surface area contributed by atoms with Crippen molar-refractivity contribution in [3.05, 3.63) is 10.6 Å². The molecule has 0 aliphatic heterocycles. The molecule has 2 N–H and O–H groups in total. The molecule has 6 heteroatoms. The highest BCUT2D eigenvalue weighted by Gasteiger charge is 2.36. The Morgan fingerprint density at radius 1 is 1.45 bits per heavy atom. The van der Waals surface area contributed by atoms with Crippen LogP contribution in [-0.2, 0) is 6.18 Å². The molecule has 11 heavy (non-hydrogen) atoms. The van der Waals surface area contributed by atoms with Gasteiger partial charge in [0, 0.05) is 0 Å². The van der Waals surface area contributed by atoms with Crippen molar-refractivity contribution in [2.45, 2.75) is 13.1 Å². The SMILES string of the molecule is Cc1nsc(C(F)(F)F)c1N. The quantitative estimate of drug-likeness (QED) is 0.666. The molecule has 0 bridgehead atoms. The first-order valence-corrected chi connectivity index (χ1v) is 3.49. The molecule has 0 unspecified atom stereocenters. The van der Waals surface area contributed by atoms with E-state index in [1.54, 1.807) is 0 Å². The monoisotopic (exact) mass is 182 g/mol. The van der Waals surface area contributed by atoms with E-state index in [0.717, 1.165) is 0 Å². The van der Waals surface area contributed by atoms with E-state index >= 15 is 0 Å². The largest absolute Gasteiger partial charge is 0.429 e. The number of anilines is 1. The third-order valence-corrected chi connectivity index (χ3v) is 2.16. The summed E-state index contributed by atoms with van der Waals surface area (Å²) in [6.07, 6.45) is -4.37. The fraction of sp³-hybridized carbons (Fsp3) is 0.400. The number of aryl methyl sites for hydroxylation is 1. The second-order valence-electron chi connectivity index (χ2n) is 2.01. The second-order valence-corrected chi connectivity index (χ2v) is 2.78. The molecular weight excluding hydrogens is 177 g/mol. The maximum atomic E-state index is 12.0. The third kappa shape index (κ3) is 1.45. The van der Waals surface area contributed by atoms with E-state index in [1.807, 2.05) is 0 Å². The first-order valence-electron chi connectivity index (χ1n) is 2.72.